The third-order valence-corrected chi connectivity index (χ3v) is 3.98. The Balaban J connectivity index is 1.58. The van der Waals surface area contributed by atoms with Gasteiger partial charge in [-0.3, -0.25) is 4.79 Å². The van der Waals surface area contributed by atoms with E-state index in [1.807, 2.05) is 22.6 Å². The maximum absolute atomic E-state index is 11.9. The first-order valence-corrected chi connectivity index (χ1v) is 8.43. The number of rotatable bonds is 7. The average molecular weight is 321 g/mol. The number of carbonyl (C=O) groups is 2. The monoisotopic (exact) mass is 321 g/mol. The first kappa shape index (κ1) is 17.3. The second-order valence-electron chi connectivity index (χ2n) is 6.11. The van der Waals surface area contributed by atoms with Crippen LogP contribution in [-0.2, 0) is 11.3 Å². The molecule has 1 aliphatic heterocycles. The third kappa shape index (κ3) is 6.30. The Bertz CT molecular complexity index is 489. The Hall–Kier alpha value is -2.05. The van der Waals surface area contributed by atoms with Gasteiger partial charge in [-0.15, -0.1) is 0 Å². The van der Waals surface area contributed by atoms with Gasteiger partial charge in [-0.2, -0.15) is 0 Å². The molecule has 1 atom stereocenters. The first-order valence-electron chi connectivity index (χ1n) is 8.43. The van der Waals surface area contributed by atoms with Gasteiger partial charge in [0, 0.05) is 51.0 Å². The van der Waals surface area contributed by atoms with Crippen LogP contribution >= 0.6 is 0 Å². The van der Waals surface area contributed by atoms with Crippen molar-refractivity contribution in [3.05, 3.63) is 18.7 Å². The molecule has 0 unspecified atom stereocenters. The fourth-order valence-electron chi connectivity index (χ4n) is 2.78. The van der Waals surface area contributed by atoms with Crippen LogP contribution in [0.1, 0.15) is 39.0 Å². The van der Waals surface area contributed by atoms with Crippen LogP contribution in [0.3, 0.4) is 0 Å². The van der Waals surface area contributed by atoms with Crippen molar-refractivity contribution in [3.63, 3.8) is 0 Å². The summed E-state index contributed by atoms with van der Waals surface area (Å²) in [6, 6.07) is -0.142. The van der Waals surface area contributed by atoms with E-state index in [1.165, 1.54) is 0 Å². The summed E-state index contributed by atoms with van der Waals surface area (Å²) in [5.41, 5.74) is 0. The first-order chi connectivity index (χ1) is 11.1. The highest BCUT2D eigenvalue weighted by Gasteiger charge is 2.15. The lowest BCUT2D eigenvalue weighted by Gasteiger charge is -2.20. The van der Waals surface area contributed by atoms with Crippen molar-refractivity contribution in [1.82, 2.24) is 25.1 Å². The van der Waals surface area contributed by atoms with Gasteiger partial charge in [0.25, 0.3) is 0 Å². The van der Waals surface area contributed by atoms with Crippen molar-refractivity contribution in [2.75, 3.05) is 19.6 Å². The molecule has 128 valence electrons. The molecular weight excluding hydrogens is 294 g/mol. The lowest BCUT2D eigenvalue weighted by atomic mass is 10.2. The van der Waals surface area contributed by atoms with E-state index in [2.05, 4.69) is 15.6 Å². The second-order valence-corrected chi connectivity index (χ2v) is 6.11. The Labute approximate surface area is 137 Å². The van der Waals surface area contributed by atoms with E-state index >= 15 is 0 Å². The van der Waals surface area contributed by atoms with E-state index in [9.17, 15) is 9.59 Å². The number of nitrogens with zero attached hydrogens (tertiary/aromatic N) is 3. The van der Waals surface area contributed by atoms with Gasteiger partial charge in [0.1, 0.15) is 0 Å². The Morgan fingerprint density at radius 3 is 3.04 bits per heavy atom. The molecule has 0 spiro atoms. The molecule has 2 rings (SSSR count). The van der Waals surface area contributed by atoms with Gasteiger partial charge in [-0.1, -0.05) is 6.42 Å². The van der Waals surface area contributed by atoms with Gasteiger partial charge in [-0.05, 0) is 26.2 Å². The zero-order valence-electron chi connectivity index (χ0n) is 13.8. The average Bonchev–Trinajstić information content (AvgIpc) is 2.92. The zero-order valence-corrected chi connectivity index (χ0v) is 13.8. The number of hydrogen-bond donors (Lipinski definition) is 2. The quantitative estimate of drug-likeness (QED) is 0.744. The van der Waals surface area contributed by atoms with Crippen molar-refractivity contribution in [2.45, 2.75) is 51.6 Å². The molecule has 1 saturated heterocycles. The molecular formula is C16H27N5O2. The molecule has 0 saturated carbocycles. The largest absolute Gasteiger partial charge is 0.343 e. The number of carbonyl (C=O) groups excluding carboxylic acids is 2. The van der Waals surface area contributed by atoms with Crippen molar-refractivity contribution in [1.29, 1.82) is 0 Å². The fraction of sp³-hybridized carbons (Fsp3) is 0.688. The molecule has 0 radical (unpaired) electrons. The van der Waals surface area contributed by atoms with Crippen LogP contribution in [0.4, 0.5) is 4.79 Å². The van der Waals surface area contributed by atoms with Crippen LogP contribution in [-0.4, -0.2) is 52.1 Å². The number of imidazole rings is 1. The van der Waals surface area contributed by atoms with E-state index in [1.54, 1.807) is 12.5 Å². The lowest BCUT2D eigenvalue weighted by molar-refractivity contribution is -0.130. The van der Waals surface area contributed by atoms with E-state index in [0.717, 1.165) is 38.8 Å². The minimum absolute atomic E-state index is 0.0244. The number of likely N-dealkylation sites (tertiary alicyclic amines) is 1. The van der Waals surface area contributed by atoms with Gasteiger partial charge in [0.05, 0.1) is 6.33 Å². The minimum atomic E-state index is -0.167. The molecule has 0 aromatic carbocycles. The summed E-state index contributed by atoms with van der Waals surface area (Å²) >= 11 is 0. The molecule has 0 bridgehead atoms. The van der Waals surface area contributed by atoms with Gasteiger partial charge in [-0.25, -0.2) is 9.78 Å². The van der Waals surface area contributed by atoms with E-state index in [-0.39, 0.29) is 18.0 Å². The summed E-state index contributed by atoms with van der Waals surface area (Å²) in [6.45, 7) is 4.80. The van der Waals surface area contributed by atoms with E-state index in [4.69, 9.17) is 0 Å². The summed E-state index contributed by atoms with van der Waals surface area (Å²) in [6.07, 6.45) is 10.0. The highest BCUT2D eigenvalue weighted by molar-refractivity contribution is 5.76. The van der Waals surface area contributed by atoms with Gasteiger partial charge in [0.2, 0.25) is 5.91 Å². The standard InChI is InChI=1S/C16H27N5O2/c1-14(12-20-11-8-17-13-20)19-16(23)18-7-5-10-21-9-4-2-3-6-15(21)22/h8,11,13-14H,2-7,9-10,12H2,1H3,(H2,18,19,23)/t14-/m1/s1. The van der Waals surface area contributed by atoms with Crippen molar-refractivity contribution in [2.24, 2.45) is 0 Å². The van der Waals surface area contributed by atoms with Crippen LogP contribution in [0.5, 0.6) is 0 Å². The highest BCUT2D eigenvalue weighted by atomic mass is 16.2. The molecule has 3 amide bonds. The topological polar surface area (TPSA) is 79.3 Å². The highest BCUT2D eigenvalue weighted by Crippen LogP contribution is 2.11. The molecule has 2 heterocycles. The van der Waals surface area contributed by atoms with Crippen LogP contribution in [0.15, 0.2) is 18.7 Å². The summed E-state index contributed by atoms with van der Waals surface area (Å²) in [5, 5.41) is 5.75. The number of urea groups is 1. The maximum Gasteiger partial charge on any atom is 0.315 e. The van der Waals surface area contributed by atoms with Crippen molar-refractivity contribution < 1.29 is 9.59 Å². The molecule has 2 N–H and O–H groups in total. The number of nitrogens with one attached hydrogen (secondary N) is 2. The number of amides is 3. The smallest absolute Gasteiger partial charge is 0.315 e. The molecule has 7 nitrogen and oxygen atoms in total. The molecule has 1 aromatic heterocycles. The van der Waals surface area contributed by atoms with Crippen molar-refractivity contribution >= 4 is 11.9 Å². The zero-order chi connectivity index (χ0) is 16.5. The normalized spacial score (nSPS) is 16.7. The van der Waals surface area contributed by atoms with Crippen LogP contribution in [0.2, 0.25) is 0 Å². The van der Waals surface area contributed by atoms with E-state index < -0.39 is 0 Å². The van der Waals surface area contributed by atoms with Gasteiger partial charge in [0.15, 0.2) is 0 Å². The number of hydrogen-bond acceptors (Lipinski definition) is 3. The van der Waals surface area contributed by atoms with Crippen molar-refractivity contribution in [3.8, 4) is 0 Å². The summed E-state index contributed by atoms with van der Waals surface area (Å²) in [7, 11) is 0. The predicted octanol–water partition coefficient (Wildman–Crippen LogP) is 1.36. The van der Waals surface area contributed by atoms with Crippen LogP contribution in [0.25, 0.3) is 0 Å². The molecule has 23 heavy (non-hydrogen) atoms. The second kappa shape index (κ2) is 9.17. The summed E-state index contributed by atoms with van der Waals surface area (Å²) in [4.78, 5) is 29.6. The number of aromatic nitrogens is 2. The SMILES string of the molecule is C[C@H](Cn1ccnc1)NC(=O)NCCCN1CCCCCC1=O. The Morgan fingerprint density at radius 2 is 2.26 bits per heavy atom. The fourth-order valence-corrected chi connectivity index (χ4v) is 2.78. The molecule has 1 fully saturated rings. The van der Waals surface area contributed by atoms with Gasteiger partial charge >= 0.3 is 6.03 Å². The van der Waals surface area contributed by atoms with Crippen LogP contribution < -0.4 is 10.6 Å². The summed E-state index contributed by atoms with van der Waals surface area (Å²) in [5.74, 6) is 0.251. The lowest BCUT2D eigenvalue weighted by Crippen LogP contribution is -2.43. The molecule has 1 aliphatic rings. The Kier molecular flexibility index (Phi) is 6.90. The molecule has 7 heteroatoms. The Morgan fingerprint density at radius 1 is 1.39 bits per heavy atom. The van der Waals surface area contributed by atoms with Gasteiger partial charge < -0.3 is 20.1 Å². The summed E-state index contributed by atoms with van der Waals surface area (Å²) < 4.78 is 1.93. The minimum Gasteiger partial charge on any atom is -0.343 e. The molecule has 0 aliphatic carbocycles. The van der Waals surface area contributed by atoms with Crippen LogP contribution in [0, 0.1) is 0 Å². The third-order valence-electron chi connectivity index (χ3n) is 3.98. The predicted molar refractivity (Wildman–Crippen MR) is 87.9 cm³/mol. The van der Waals surface area contributed by atoms with E-state index in [0.29, 0.717) is 19.5 Å². The maximum atomic E-state index is 11.9. The molecule has 1 aromatic rings.